The first-order valence-electron chi connectivity index (χ1n) is 7.78. The largest absolute Gasteiger partial charge is 0.358 e. The van der Waals surface area contributed by atoms with Crippen LogP contribution in [-0.2, 0) is 0 Å². The second-order valence-corrected chi connectivity index (χ2v) is 6.53. The molecule has 25 heavy (non-hydrogen) atoms. The number of ketones is 1. The van der Waals surface area contributed by atoms with Crippen molar-refractivity contribution in [3.63, 3.8) is 0 Å². The molecule has 0 aliphatic carbocycles. The zero-order chi connectivity index (χ0) is 17.2. The van der Waals surface area contributed by atoms with Gasteiger partial charge in [-0.2, -0.15) is 0 Å². The topological polar surface area (TPSA) is 87.3 Å². The normalized spacial score (nSPS) is 11.1. The van der Waals surface area contributed by atoms with Crippen LogP contribution in [0.3, 0.4) is 0 Å². The van der Waals surface area contributed by atoms with E-state index in [1.807, 2.05) is 43.3 Å². The van der Waals surface area contributed by atoms with Gasteiger partial charge in [0, 0.05) is 40.1 Å². The molecule has 0 saturated carbocycles. The van der Waals surface area contributed by atoms with Crippen LogP contribution in [0.2, 0.25) is 0 Å². The van der Waals surface area contributed by atoms with Gasteiger partial charge in [0.1, 0.15) is 0 Å². The number of para-hydroxylation sites is 1. The summed E-state index contributed by atoms with van der Waals surface area (Å²) in [5.74, 6) is 1.02. The lowest BCUT2D eigenvalue weighted by Gasteiger charge is -1.99. The van der Waals surface area contributed by atoms with E-state index in [-0.39, 0.29) is 11.5 Å². The third-order valence-electron chi connectivity index (χ3n) is 3.92. The summed E-state index contributed by atoms with van der Waals surface area (Å²) in [5, 5.41) is 8.58. The van der Waals surface area contributed by atoms with Gasteiger partial charge >= 0.3 is 0 Å². The lowest BCUT2D eigenvalue weighted by atomic mass is 10.1. The number of fused-ring (bicyclic) bond motifs is 1. The number of pyridine rings is 1. The first-order valence-corrected chi connectivity index (χ1v) is 8.77. The molecule has 1 aromatic carbocycles. The summed E-state index contributed by atoms with van der Waals surface area (Å²) in [6, 6.07) is 11.5. The summed E-state index contributed by atoms with van der Waals surface area (Å²) in [5.41, 5.74) is 3.52. The van der Waals surface area contributed by atoms with Crippen molar-refractivity contribution in [2.24, 2.45) is 0 Å². The lowest BCUT2D eigenvalue weighted by molar-refractivity contribution is 0.102. The summed E-state index contributed by atoms with van der Waals surface area (Å²) in [6.45, 7) is 1.92. The van der Waals surface area contributed by atoms with Crippen LogP contribution in [0.15, 0.2) is 53.9 Å². The Morgan fingerprint density at radius 2 is 1.96 bits per heavy atom. The van der Waals surface area contributed by atoms with Crippen LogP contribution < -0.4 is 0 Å². The molecule has 4 aromatic rings. The van der Waals surface area contributed by atoms with Crippen LogP contribution in [0.4, 0.5) is 0 Å². The Morgan fingerprint density at radius 3 is 2.80 bits per heavy atom. The van der Waals surface area contributed by atoms with Crippen molar-refractivity contribution in [3.8, 4) is 11.4 Å². The first kappa shape index (κ1) is 15.6. The molecular formula is C18H15N5OS. The molecule has 0 atom stereocenters. The average Bonchev–Trinajstić information content (AvgIpc) is 3.24. The number of aromatic amines is 2. The number of nitrogens with one attached hydrogen (secondary N) is 2. The van der Waals surface area contributed by atoms with Crippen LogP contribution in [-0.4, -0.2) is 36.7 Å². The lowest BCUT2D eigenvalue weighted by Crippen LogP contribution is -2.03. The summed E-state index contributed by atoms with van der Waals surface area (Å²) >= 11 is 1.33. The number of carbonyl (C=O) groups is 1. The van der Waals surface area contributed by atoms with Crippen molar-refractivity contribution < 1.29 is 4.79 Å². The maximum atomic E-state index is 12.7. The number of aryl methyl sites for hydroxylation is 1. The molecular weight excluding hydrogens is 334 g/mol. The van der Waals surface area contributed by atoms with E-state index in [0.29, 0.717) is 11.0 Å². The summed E-state index contributed by atoms with van der Waals surface area (Å²) in [7, 11) is 0. The molecule has 3 heterocycles. The van der Waals surface area contributed by atoms with E-state index in [1.165, 1.54) is 11.8 Å². The third kappa shape index (κ3) is 3.06. The Kier molecular flexibility index (Phi) is 4.07. The van der Waals surface area contributed by atoms with Crippen LogP contribution in [0.25, 0.3) is 22.3 Å². The highest BCUT2D eigenvalue weighted by Gasteiger charge is 2.17. The Bertz CT molecular complexity index is 1040. The smallest absolute Gasteiger partial charge is 0.209 e. The fraction of sp³-hybridized carbons (Fsp3) is 0.111. The van der Waals surface area contributed by atoms with Gasteiger partial charge in [-0.15, -0.1) is 5.10 Å². The van der Waals surface area contributed by atoms with E-state index < -0.39 is 0 Å². The Morgan fingerprint density at radius 1 is 1.16 bits per heavy atom. The van der Waals surface area contributed by atoms with Crippen molar-refractivity contribution in [2.45, 2.75) is 12.1 Å². The van der Waals surface area contributed by atoms with Gasteiger partial charge in [0.2, 0.25) is 5.16 Å². The van der Waals surface area contributed by atoms with Gasteiger partial charge in [-0.05, 0) is 25.1 Å². The second-order valence-electron chi connectivity index (χ2n) is 5.58. The van der Waals surface area contributed by atoms with Gasteiger partial charge in [-0.25, -0.2) is 4.98 Å². The number of hydrogen-bond acceptors (Lipinski definition) is 5. The maximum absolute atomic E-state index is 12.7. The van der Waals surface area contributed by atoms with Gasteiger partial charge in [0.05, 0.1) is 5.75 Å². The summed E-state index contributed by atoms with van der Waals surface area (Å²) < 4.78 is 0. The van der Waals surface area contributed by atoms with E-state index >= 15 is 0 Å². The minimum absolute atomic E-state index is 0.0650. The molecule has 0 bridgehead atoms. The molecule has 0 fully saturated rings. The fourth-order valence-corrected chi connectivity index (χ4v) is 3.46. The van der Waals surface area contributed by atoms with Crippen molar-refractivity contribution in [2.75, 3.05) is 5.75 Å². The molecule has 4 rings (SSSR count). The summed E-state index contributed by atoms with van der Waals surface area (Å²) in [4.78, 5) is 24.3. The van der Waals surface area contributed by atoms with Gasteiger partial charge < -0.3 is 4.98 Å². The zero-order valence-electron chi connectivity index (χ0n) is 13.5. The van der Waals surface area contributed by atoms with Gasteiger partial charge in [-0.3, -0.25) is 14.9 Å². The molecule has 0 radical (unpaired) electrons. The summed E-state index contributed by atoms with van der Waals surface area (Å²) in [6.07, 6.45) is 3.40. The van der Waals surface area contributed by atoms with E-state index in [0.717, 1.165) is 27.7 Å². The van der Waals surface area contributed by atoms with Crippen LogP contribution >= 0.6 is 11.8 Å². The van der Waals surface area contributed by atoms with E-state index in [4.69, 9.17) is 0 Å². The second kappa shape index (κ2) is 6.52. The number of hydrogen-bond donors (Lipinski definition) is 2. The van der Waals surface area contributed by atoms with Gasteiger partial charge in [0.15, 0.2) is 11.6 Å². The average molecular weight is 349 g/mol. The quantitative estimate of drug-likeness (QED) is 0.424. The minimum Gasteiger partial charge on any atom is -0.358 e. The number of benzene rings is 1. The van der Waals surface area contributed by atoms with Crippen molar-refractivity contribution >= 4 is 28.4 Å². The Hall–Kier alpha value is -2.93. The molecule has 0 unspecified atom stereocenters. The van der Waals surface area contributed by atoms with Gasteiger partial charge in [-0.1, -0.05) is 30.0 Å². The Labute approximate surface area is 148 Å². The van der Waals surface area contributed by atoms with Crippen LogP contribution in [0.5, 0.6) is 0 Å². The van der Waals surface area contributed by atoms with E-state index in [1.54, 1.807) is 12.4 Å². The highest BCUT2D eigenvalue weighted by Crippen LogP contribution is 2.25. The number of carbonyl (C=O) groups excluding carboxylic acids is 1. The molecule has 0 aliphatic rings. The molecule has 3 aromatic heterocycles. The number of nitrogens with zero attached hydrogens (tertiary/aromatic N) is 3. The molecule has 2 N–H and O–H groups in total. The maximum Gasteiger partial charge on any atom is 0.209 e. The molecule has 124 valence electrons. The third-order valence-corrected chi connectivity index (χ3v) is 4.77. The highest BCUT2D eigenvalue weighted by molar-refractivity contribution is 7.99. The minimum atomic E-state index is 0.0650. The van der Waals surface area contributed by atoms with Crippen LogP contribution in [0.1, 0.15) is 16.1 Å². The standard InChI is InChI=1S/C18H15N5OS/c1-11-16(13-4-2-3-5-14(13)20-11)15(24)10-25-18-21-17(22-23-18)12-6-8-19-9-7-12/h2-9,20H,10H2,1H3,(H,21,22,23). The predicted octanol–water partition coefficient (Wildman–Crippen LogP) is 3.63. The van der Waals surface area contributed by atoms with Crippen molar-refractivity contribution in [3.05, 3.63) is 60.0 Å². The zero-order valence-corrected chi connectivity index (χ0v) is 14.3. The number of H-pyrrole nitrogens is 2. The number of Topliss-reactive ketones (excluding diaryl/α,β-unsaturated/α-hetero) is 1. The SMILES string of the molecule is Cc1[nH]c2ccccc2c1C(=O)CSc1n[nH]c(-c2ccncc2)n1. The molecule has 0 spiro atoms. The highest BCUT2D eigenvalue weighted by atomic mass is 32.2. The van der Waals surface area contributed by atoms with Gasteiger partial charge in [0.25, 0.3) is 0 Å². The molecule has 0 saturated heterocycles. The fourth-order valence-electron chi connectivity index (χ4n) is 2.79. The van der Waals surface area contributed by atoms with Crippen molar-refractivity contribution in [1.29, 1.82) is 0 Å². The number of rotatable bonds is 5. The first-order chi connectivity index (χ1) is 12.2. The molecule has 7 heteroatoms. The molecule has 0 aliphatic heterocycles. The van der Waals surface area contributed by atoms with E-state index in [2.05, 4.69) is 25.1 Å². The van der Waals surface area contributed by atoms with Crippen LogP contribution in [0, 0.1) is 6.92 Å². The predicted molar refractivity (Wildman–Crippen MR) is 97.7 cm³/mol. The number of thioether (sulfide) groups is 1. The number of aromatic nitrogens is 5. The monoisotopic (exact) mass is 349 g/mol. The van der Waals surface area contributed by atoms with E-state index in [9.17, 15) is 4.79 Å². The molecule has 6 nitrogen and oxygen atoms in total. The van der Waals surface area contributed by atoms with Crippen molar-refractivity contribution in [1.82, 2.24) is 25.1 Å². The Balaban J connectivity index is 1.51. The molecule has 0 amide bonds.